The molecule has 25 heavy (non-hydrogen) atoms. The van der Waals surface area contributed by atoms with Crippen LogP contribution >= 0.6 is 0 Å². The summed E-state index contributed by atoms with van der Waals surface area (Å²) in [4.78, 5) is 19.0. The van der Waals surface area contributed by atoms with Crippen molar-refractivity contribution in [2.24, 2.45) is 0 Å². The number of carbonyl (C=O) groups excluding carboxylic acids is 1. The first-order chi connectivity index (χ1) is 12.0. The quantitative estimate of drug-likeness (QED) is 0.877. The summed E-state index contributed by atoms with van der Waals surface area (Å²) in [6.45, 7) is 4.67. The molecule has 0 saturated heterocycles. The maximum absolute atomic E-state index is 12.8. The second kappa shape index (κ2) is 7.35. The van der Waals surface area contributed by atoms with Crippen LogP contribution in [0.25, 0.3) is 0 Å². The topological polar surface area (TPSA) is 63.1 Å². The normalized spacial score (nSPS) is 15.7. The van der Waals surface area contributed by atoms with Crippen molar-refractivity contribution in [2.75, 3.05) is 12.4 Å². The molecule has 1 N–H and O–H groups in total. The fourth-order valence-corrected chi connectivity index (χ4v) is 3.39. The van der Waals surface area contributed by atoms with E-state index in [1.807, 2.05) is 38.1 Å². The van der Waals surface area contributed by atoms with Gasteiger partial charge in [0.1, 0.15) is 12.7 Å². The standard InChI is InChI=1S/C19H27N5O/c1-19(2,23(3)17-6-4-5-7-17)18(25)22-16-10-8-15(9-11-16)12-24-14-20-13-21-24/h8-11,13-14,17H,4-7,12H2,1-3H3,(H,22,25). The number of nitrogens with one attached hydrogen (secondary N) is 1. The van der Waals surface area contributed by atoms with E-state index in [1.54, 1.807) is 11.0 Å². The minimum absolute atomic E-state index is 0.0333. The third-order valence-corrected chi connectivity index (χ3v) is 5.33. The van der Waals surface area contributed by atoms with Crippen molar-refractivity contribution in [3.8, 4) is 0 Å². The molecule has 1 aliphatic rings. The van der Waals surface area contributed by atoms with E-state index in [-0.39, 0.29) is 5.91 Å². The number of aromatic nitrogens is 3. The molecule has 1 amide bonds. The van der Waals surface area contributed by atoms with E-state index in [4.69, 9.17) is 0 Å². The van der Waals surface area contributed by atoms with E-state index in [0.29, 0.717) is 12.6 Å². The van der Waals surface area contributed by atoms with Gasteiger partial charge in [-0.25, -0.2) is 9.67 Å². The Labute approximate surface area is 149 Å². The summed E-state index contributed by atoms with van der Waals surface area (Å²) in [5.74, 6) is 0.0333. The van der Waals surface area contributed by atoms with E-state index >= 15 is 0 Å². The Morgan fingerprint density at radius 3 is 2.56 bits per heavy atom. The molecule has 1 aliphatic carbocycles. The minimum atomic E-state index is -0.533. The molecule has 0 spiro atoms. The Morgan fingerprint density at radius 2 is 1.96 bits per heavy atom. The van der Waals surface area contributed by atoms with Gasteiger partial charge >= 0.3 is 0 Å². The van der Waals surface area contributed by atoms with Crippen LogP contribution in [0.4, 0.5) is 5.69 Å². The lowest BCUT2D eigenvalue weighted by Gasteiger charge is -2.38. The van der Waals surface area contributed by atoms with E-state index in [2.05, 4.69) is 27.3 Å². The number of rotatable bonds is 6. The molecule has 0 radical (unpaired) electrons. The molecule has 1 heterocycles. The van der Waals surface area contributed by atoms with E-state index < -0.39 is 5.54 Å². The van der Waals surface area contributed by atoms with Crippen molar-refractivity contribution in [1.29, 1.82) is 0 Å². The molecule has 134 valence electrons. The fraction of sp³-hybridized carbons (Fsp3) is 0.526. The average molecular weight is 341 g/mol. The molecule has 0 unspecified atom stereocenters. The lowest BCUT2D eigenvalue weighted by Crippen LogP contribution is -2.54. The van der Waals surface area contributed by atoms with Crippen LogP contribution in [-0.4, -0.2) is 44.2 Å². The van der Waals surface area contributed by atoms with E-state index in [9.17, 15) is 4.79 Å². The summed E-state index contributed by atoms with van der Waals surface area (Å²) < 4.78 is 1.77. The molecule has 0 bridgehead atoms. The SMILES string of the molecule is CN(C1CCCC1)C(C)(C)C(=O)Nc1ccc(Cn2cncn2)cc1. The predicted molar refractivity (Wildman–Crippen MR) is 98.3 cm³/mol. The van der Waals surface area contributed by atoms with Crippen molar-refractivity contribution < 1.29 is 4.79 Å². The van der Waals surface area contributed by atoms with Gasteiger partial charge < -0.3 is 5.32 Å². The third-order valence-electron chi connectivity index (χ3n) is 5.33. The molecular formula is C19H27N5O. The van der Waals surface area contributed by atoms with Crippen molar-refractivity contribution in [2.45, 2.75) is 57.7 Å². The maximum Gasteiger partial charge on any atom is 0.244 e. The highest BCUT2D eigenvalue weighted by Gasteiger charge is 2.37. The monoisotopic (exact) mass is 341 g/mol. The highest BCUT2D eigenvalue weighted by Crippen LogP contribution is 2.28. The number of amides is 1. The molecule has 0 aliphatic heterocycles. The maximum atomic E-state index is 12.8. The fourth-order valence-electron chi connectivity index (χ4n) is 3.39. The Hall–Kier alpha value is -2.21. The Bertz CT molecular complexity index is 687. The molecule has 6 heteroatoms. The molecule has 1 fully saturated rings. The van der Waals surface area contributed by atoms with Crippen LogP contribution in [0.1, 0.15) is 45.1 Å². The van der Waals surface area contributed by atoms with Gasteiger partial charge in [0, 0.05) is 11.7 Å². The van der Waals surface area contributed by atoms with Crippen LogP contribution in [0.3, 0.4) is 0 Å². The first-order valence-corrected chi connectivity index (χ1v) is 8.92. The lowest BCUT2D eigenvalue weighted by molar-refractivity contribution is -0.126. The van der Waals surface area contributed by atoms with Gasteiger partial charge in [-0.15, -0.1) is 0 Å². The Kier molecular flexibility index (Phi) is 5.18. The molecule has 2 aromatic rings. The van der Waals surface area contributed by atoms with Crippen molar-refractivity contribution in [3.63, 3.8) is 0 Å². The summed E-state index contributed by atoms with van der Waals surface area (Å²) >= 11 is 0. The summed E-state index contributed by atoms with van der Waals surface area (Å²) in [7, 11) is 2.07. The molecule has 1 aromatic heterocycles. The predicted octanol–water partition coefficient (Wildman–Crippen LogP) is 2.92. The lowest BCUT2D eigenvalue weighted by atomic mass is 9.98. The van der Waals surface area contributed by atoms with Crippen LogP contribution in [-0.2, 0) is 11.3 Å². The zero-order chi connectivity index (χ0) is 17.9. The third kappa shape index (κ3) is 4.07. The largest absolute Gasteiger partial charge is 0.324 e. The Balaban J connectivity index is 1.61. The first-order valence-electron chi connectivity index (χ1n) is 8.92. The highest BCUT2D eigenvalue weighted by molar-refractivity contribution is 5.97. The minimum Gasteiger partial charge on any atom is -0.324 e. The van der Waals surface area contributed by atoms with Gasteiger partial charge in [-0.05, 0) is 51.4 Å². The molecule has 3 rings (SSSR count). The number of anilines is 1. The number of benzene rings is 1. The van der Waals surface area contributed by atoms with Crippen LogP contribution in [0, 0.1) is 0 Å². The molecule has 6 nitrogen and oxygen atoms in total. The van der Waals surface area contributed by atoms with Gasteiger partial charge in [0.05, 0.1) is 12.1 Å². The second-order valence-corrected chi connectivity index (χ2v) is 7.35. The number of hydrogen-bond acceptors (Lipinski definition) is 4. The first kappa shape index (κ1) is 17.6. The van der Waals surface area contributed by atoms with Crippen molar-refractivity contribution in [3.05, 3.63) is 42.5 Å². The van der Waals surface area contributed by atoms with Gasteiger partial charge in [-0.2, -0.15) is 5.10 Å². The van der Waals surface area contributed by atoms with Gasteiger partial charge in [-0.1, -0.05) is 25.0 Å². The van der Waals surface area contributed by atoms with E-state index in [0.717, 1.165) is 11.3 Å². The van der Waals surface area contributed by atoms with Gasteiger partial charge in [0.25, 0.3) is 0 Å². The zero-order valence-corrected chi connectivity index (χ0v) is 15.3. The number of carbonyl (C=O) groups is 1. The summed E-state index contributed by atoms with van der Waals surface area (Å²) in [5.41, 5.74) is 1.40. The summed E-state index contributed by atoms with van der Waals surface area (Å²) in [5, 5.41) is 7.16. The second-order valence-electron chi connectivity index (χ2n) is 7.35. The highest BCUT2D eigenvalue weighted by atomic mass is 16.2. The number of nitrogens with zero attached hydrogens (tertiary/aromatic N) is 4. The van der Waals surface area contributed by atoms with Crippen molar-refractivity contribution in [1.82, 2.24) is 19.7 Å². The summed E-state index contributed by atoms with van der Waals surface area (Å²) in [6.07, 6.45) is 8.11. The van der Waals surface area contributed by atoms with Gasteiger partial charge in [0.15, 0.2) is 0 Å². The smallest absolute Gasteiger partial charge is 0.244 e. The van der Waals surface area contributed by atoms with Crippen LogP contribution in [0.2, 0.25) is 0 Å². The van der Waals surface area contributed by atoms with Gasteiger partial charge in [-0.3, -0.25) is 9.69 Å². The zero-order valence-electron chi connectivity index (χ0n) is 15.3. The molecular weight excluding hydrogens is 314 g/mol. The summed E-state index contributed by atoms with van der Waals surface area (Å²) in [6, 6.07) is 8.40. The van der Waals surface area contributed by atoms with Crippen LogP contribution in [0.15, 0.2) is 36.9 Å². The van der Waals surface area contributed by atoms with Crippen LogP contribution < -0.4 is 5.32 Å². The van der Waals surface area contributed by atoms with Gasteiger partial charge in [0.2, 0.25) is 5.91 Å². The molecule has 1 aromatic carbocycles. The average Bonchev–Trinajstić information content (AvgIpc) is 3.29. The molecule has 0 atom stereocenters. The van der Waals surface area contributed by atoms with Crippen molar-refractivity contribution >= 4 is 11.6 Å². The van der Waals surface area contributed by atoms with Crippen LogP contribution in [0.5, 0.6) is 0 Å². The number of hydrogen-bond donors (Lipinski definition) is 1. The molecule has 1 saturated carbocycles. The number of likely N-dealkylation sites (N-methyl/N-ethyl adjacent to an activating group) is 1. The van der Waals surface area contributed by atoms with E-state index in [1.165, 1.54) is 32.0 Å². The Morgan fingerprint density at radius 1 is 1.28 bits per heavy atom.